The Labute approximate surface area is 154 Å². The van der Waals surface area contributed by atoms with E-state index in [1.54, 1.807) is 0 Å². The summed E-state index contributed by atoms with van der Waals surface area (Å²) in [4.78, 5) is 15.4. The van der Waals surface area contributed by atoms with Crippen molar-refractivity contribution in [2.75, 3.05) is 6.54 Å². The lowest BCUT2D eigenvalue weighted by molar-refractivity contribution is 0.0920. The zero-order valence-electron chi connectivity index (χ0n) is 13.7. The number of fused-ring (bicyclic) bond motifs is 1. The van der Waals surface area contributed by atoms with Gasteiger partial charge in [0.2, 0.25) is 5.89 Å². The Kier molecular flexibility index (Phi) is 4.41. The summed E-state index contributed by atoms with van der Waals surface area (Å²) in [6, 6.07) is 15.0. The van der Waals surface area contributed by atoms with Gasteiger partial charge in [0.1, 0.15) is 0 Å². The number of carbonyl (C=O) groups is 1. The summed E-state index contributed by atoms with van der Waals surface area (Å²) in [6.07, 6.45) is 2.58. The summed E-state index contributed by atoms with van der Waals surface area (Å²) >= 11 is 6.05. The van der Waals surface area contributed by atoms with E-state index in [1.807, 2.05) is 54.7 Å². The molecule has 0 atom stereocenters. The summed E-state index contributed by atoms with van der Waals surface area (Å²) in [6.45, 7) is 0.446. The number of hydrogen-bond acceptors (Lipinski definition) is 4. The van der Waals surface area contributed by atoms with E-state index >= 15 is 0 Å². The van der Waals surface area contributed by atoms with Gasteiger partial charge in [0, 0.05) is 34.2 Å². The van der Waals surface area contributed by atoms with Crippen LogP contribution in [0.1, 0.15) is 16.2 Å². The van der Waals surface area contributed by atoms with E-state index in [9.17, 15) is 4.79 Å². The lowest BCUT2D eigenvalue weighted by Gasteiger charge is -2.02. The van der Waals surface area contributed by atoms with Crippen LogP contribution in [0.3, 0.4) is 0 Å². The molecule has 4 rings (SSSR count). The highest BCUT2D eigenvalue weighted by Crippen LogP contribution is 2.22. The second kappa shape index (κ2) is 7.01. The Bertz CT molecular complexity index is 1060. The molecule has 0 aliphatic heterocycles. The van der Waals surface area contributed by atoms with Gasteiger partial charge in [-0.3, -0.25) is 4.79 Å². The number of nitrogens with one attached hydrogen (secondary N) is 2. The molecule has 0 aliphatic carbocycles. The zero-order valence-corrected chi connectivity index (χ0v) is 14.5. The lowest BCUT2D eigenvalue weighted by atomic mass is 10.1. The summed E-state index contributed by atoms with van der Waals surface area (Å²) in [5, 5.41) is 12.3. The standard InChI is InChI=1S/C19H15ClN4O2/c20-14-6-7-16-15(10-14)13(11-22-16)8-9-21-17(25)19-24-23-18(26-19)12-4-2-1-3-5-12/h1-7,10-11,22H,8-9H2,(H,21,25). The van der Waals surface area contributed by atoms with Crippen LogP contribution >= 0.6 is 11.6 Å². The lowest BCUT2D eigenvalue weighted by Crippen LogP contribution is -2.25. The normalized spacial score (nSPS) is 11.0. The molecule has 0 spiro atoms. The van der Waals surface area contributed by atoms with Crippen molar-refractivity contribution in [1.29, 1.82) is 0 Å². The number of amides is 1. The molecule has 1 amide bonds. The number of aromatic nitrogens is 3. The molecule has 7 heteroatoms. The number of nitrogens with zero attached hydrogens (tertiary/aromatic N) is 2. The third kappa shape index (κ3) is 3.32. The predicted molar refractivity (Wildman–Crippen MR) is 99.1 cm³/mol. The van der Waals surface area contributed by atoms with Crippen LogP contribution in [0.5, 0.6) is 0 Å². The van der Waals surface area contributed by atoms with Gasteiger partial charge in [-0.1, -0.05) is 29.8 Å². The van der Waals surface area contributed by atoms with Crippen LogP contribution in [-0.4, -0.2) is 27.6 Å². The molecule has 2 N–H and O–H groups in total. The van der Waals surface area contributed by atoms with Gasteiger partial charge in [-0.25, -0.2) is 0 Å². The van der Waals surface area contributed by atoms with Gasteiger partial charge in [0.05, 0.1) is 0 Å². The smallest absolute Gasteiger partial charge is 0.308 e. The summed E-state index contributed by atoms with van der Waals surface area (Å²) in [5.41, 5.74) is 2.87. The van der Waals surface area contributed by atoms with Gasteiger partial charge in [-0.05, 0) is 42.3 Å². The summed E-state index contributed by atoms with van der Waals surface area (Å²) in [5.74, 6) is -0.120. The number of rotatable bonds is 5. The molecule has 0 unspecified atom stereocenters. The van der Waals surface area contributed by atoms with Gasteiger partial charge in [-0.2, -0.15) is 0 Å². The fraction of sp³-hybridized carbons (Fsp3) is 0.105. The average Bonchev–Trinajstić information content (AvgIpc) is 3.30. The van der Waals surface area contributed by atoms with Gasteiger partial charge in [0.15, 0.2) is 0 Å². The van der Waals surface area contributed by atoms with Crippen LogP contribution in [0.25, 0.3) is 22.4 Å². The Morgan fingerprint density at radius 1 is 1.15 bits per heavy atom. The van der Waals surface area contributed by atoms with E-state index in [4.69, 9.17) is 16.0 Å². The Hall–Kier alpha value is -3.12. The van der Waals surface area contributed by atoms with E-state index in [2.05, 4.69) is 20.5 Å². The van der Waals surface area contributed by atoms with E-state index in [0.29, 0.717) is 23.9 Å². The number of hydrogen-bond donors (Lipinski definition) is 2. The van der Waals surface area contributed by atoms with Crippen LogP contribution < -0.4 is 5.32 Å². The molecule has 0 bridgehead atoms. The zero-order chi connectivity index (χ0) is 17.9. The minimum absolute atomic E-state index is 0.0502. The quantitative estimate of drug-likeness (QED) is 0.562. The first-order valence-corrected chi connectivity index (χ1v) is 8.51. The Morgan fingerprint density at radius 3 is 2.85 bits per heavy atom. The molecule has 2 aromatic carbocycles. The maximum Gasteiger partial charge on any atom is 0.308 e. The Morgan fingerprint density at radius 2 is 2.00 bits per heavy atom. The topological polar surface area (TPSA) is 83.8 Å². The van der Waals surface area contributed by atoms with Gasteiger partial charge < -0.3 is 14.7 Å². The molecular weight excluding hydrogens is 352 g/mol. The molecule has 0 saturated heterocycles. The van der Waals surface area contributed by atoms with E-state index in [0.717, 1.165) is 22.0 Å². The molecule has 2 aromatic heterocycles. The van der Waals surface area contributed by atoms with Crippen molar-refractivity contribution in [3.8, 4) is 11.5 Å². The van der Waals surface area contributed by atoms with Gasteiger partial charge >= 0.3 is 11.8 Å². The number of halogens is 1. The molecule has 2 heterocycles. The molecular formula is C19H15ClN4O2. The van der Waals surface area contributed by atoms with Crippen molar-refractivity contribution in [1.82, 2.24) is 20.5 Å². The van der Waals surface area contributed by atoms with Crippen LogP contribution in [0.15, 0.2) is 59.1 Å². The molecule has 0 saturated carbocycles. The van der Waals surface area contributed by atoms with Gasteiger partial charge in [-0.15, -0.1) is 10.2 Å². The maximum absolute atomic E-state index is 12.2. The largest absolute Gasteiger partial charge is 0.412 e. The van der Waals surface area contributed by atoms with Crippen molar-refractivity contribution >= 4 is 28.4 Å². The first kappa shape index (κ1) is 16.4. The third-order valence-corrected chi connectivity index (χ3v) is 4.28. The predicted octanol–water partition coefficient (Wildman–Crippen LogP) is 3.84. The first-order valence-electron chi connectivity index (χ1n) is 8.13. The van der Waals surface area contributed by atoms with Crippen LogP contribution in [-0.2, 0) is 6.42 Å². The molecule has 0 radical (unpaired) electrons. The summed E-state index contributed by atoms with van der Waals surface area (Å²) < 4.78 is 5.45. The SMILES string of the molecule is O=C(NCCc1c[nH]c2ccc(Cl)cc12)c1nnc(-c2ccccc2)o1. The van der Waals surface area contributed by atoms with Crippen molar-refractivity contribution in [3.63, 3.8) is 0 Å². The van der Waals surface area contributed by atoms with Crippen LogP contribution in [0.2, 0.25) is 5.02 Å². The van der Waals surface area contributed by atoms with Crippen molar-refractivity contribution in [3.05, 3.63) is 71.2 Å². The highest BCUT2D eigenvalue weighted by Gasteiger charge is 2.15. The third-order valence-electron chi connectivity index (χ3n) is 4.05. The fourth-order valence-electron chi connectivity index (χ4n) is 2.76. The highest BCUT2D eigenvalue weighted by atomic mass is 35.5. The minimum atomic E-state index is -0.391. The number of carbonyl (C=O) groups excluding carboxylic acids is 1. The molecule has 4 aromatic rings. The molecule has 0 fully saturated rings. The first-order chi connectivity index (χ1) is 12.7. The fourth-order valence-corrected chi connectivity index (χ4v) is 2.93. The van der Waals surface area contributed by atoms with Crippen LogP contribution in [0.4, 0.5) is 0 Å². The van der Waals surface area contributed by atoms with E-state index in [-0.39, 0.29) is 5.89 Å². The molecule has 0 aliphatic rings. The monoisotopic (exact) mass is 366 g/mol. The highest BCUT2D eigenvalue weighted by molar-refractivity contribution is 6.31. The second-order valence-corrected chi connectivity index (χ2v) is 6.22. The van der Waals surface area contributed by atoms with Crippen LogP contribution in [0, 0.1) is 0 Å². The Balaban J connectivity index is 1.40. The molecule has 6 nitrogen and oxygen atoms in total. The number of H-pyrrole nitrogens is 1. The number of benzene rings is 2. The maximum atomic E-state index is 12.2. The summed E-state index contributed by atoms with van der Waals surface area (Å²) in [7, 11) is 0. The number of aromatic amines is 1. The van der Waals surface area contributed by atoms with Gasteiger partial charge in [0.25, 0.3) is 0 Å². The van der Waals surface area contributed by atoms with Crippen molar-refractivity contribution < 1.29 is 9.21 Å². The van der Waals surface area contributed by atoms with E-state index < -0.39 is 5.91 Å². The molecule has 130 valence electrons. The average molecular weight is 367 g/mol. The minimum Gasteiger partial charge on any atom is -0.412 e. The van der Waals surface area contributed by atoms with Crippen molar-refractivity contribution in [2.45, 2.75) is 6.42 Å². The molecule has 26 heavy (non-hydrogen) atoms. The van der Waals surface area contributed by atoms with Crippen molar-refractivity contribution in [2.24, 2.45) is 0 Å². The van der Waals surface area contributed by atoms with E-state index in [1.165, 1.54) is 0 Å². The second-order valence-electron chi connectivity index (χ2n) is 5.79.